The maximum Gasteiger partial charge on any atom is 0.113 e. The monoisotopic (exact) mass is 309 g/mol. The largest absolute Gasteiger partial charge is 0.381 e. The second-order valence-electron chi connectivity index (χ2n) is 4.94. The summed E-state index contributed by atoms with van der Waals surface area (Å²) in [6.07, 6.45) is 2.37. The molecule has 1 fully saturated rings. The van der Waals surface area contributed by atoms with Gasteiger partial charge in [-0.2, -0.15) is 0 Å². The molecule has 1 aliphatic rings. The molecule has 18 heavy (non-hydrogen) atoms. The van der Waals surface area contributed by atoms with E-state index in [2.05, 4.69) is 45.3 Å². The lowest BCUT2D eigenvalue weighted by Crippen LogP contribution is -2.22. The van der Waals surface area contributed by atoms with Gasteiger partial charge in [-0.15, -0.1) is 5.10 Å². The van der Waals surface area contributed by atoms with Crippen molar-refractivity contribution in [2.24, 2.45) is 5.92 Å². The van der Waals surface area contributed by atoms with E-state index in [-0.39, 0.29) is 0 Å². The summed E-state index contributed by atoms with van der Waals surface area (Å²) in [5, 5.41) is 8.50. The number of rotatable bonds is 2. The third-order valence-corrected chi connectivity index (χ3v) is 4.33. The van der Waals surface area contributed by atoms with Crippen LogP contribution < -0.4 is 0 Å². The Labute approximate surface area is 114 Å². The van der Waals surface area contributed by atoms with Crippen molar-refractivity contribution in [2.45, 2.75) is 26.3 Å². The van der Waals surface area contributed by atoms with Crippen LogP contribution in [-0.4, -0.2) is 28.2 Å². The molecule has 0 radical (unpaired) electrons. The van der Waals surface area contributed by atoms with Gasteiger partial charge < -0.3 is 4.74 Å². The van der Waals surface area contributed by atoms with E-state index in [9.17, 15) is 0 Å². The Hall–Kier alpha value is -0.940. The highest BCUT2D eigenvalue weighted by Gasteiger charge is 2.16. The molecule has 2 aromatic rings. The van der Waals surface area contributed by atoms with Crippen LogP contribution in [0.25, 0.3) is 11.0 Å². The van der Waals surface area contributed by atoms with Crippen molar-refractivity contribution in [3.05, 3.63) is 22.2 Å². The predicted molar refractivity (Wildman–Crippen MR) is 73.5 cm³/mol. The second kappa shape index (κ2) is 4.97. The van der Waals surface area contributed by atoms with Crippen LogP contribution in [0.3, 0.4) is 0 Å². The van der Waals surface area contributed by atoms with Crippen molar-refractivity contribution in [1.82, 2.24) is 15.0 Å². The smallest absolute Gasteiger partial charge is 0.113 e. The van der Waals surface area contributed by atoms with E-state index < -0.39 is 0 Å². The Morgan fingerprint density at radius 1 is 1.50 bits per heavy atom. The van der Waals surface area contributed by atoms with Gasteiger partial charge in [-0.05, 0) is 37.5 Å². The highest BCUT2D eigenvalue weighted by Crippen LogP contribution is 2.24. The quantitative estimate of drug-likeness (QED) is 0.856. The molecule has 1 saturated heterocycles. The summed E-state index contributed by atoms with van der Waals surface area (Å²) < 4.78 is 8.62. The Morgan fingerprint density at radius 2 is 2.39 bits per heavy atom. The number of aryl methyl sites for hydroxylation is 1. The summed E-state index contributed by atoms with van der Waals surface area (Å²) in [5.41, 5.74) is 3.25. The van der Waals surface area contributed by atoms with Crippen LogP contribution in [0, 0.1) is 12.8 Å². The summed E-state index contributed by atoms with van der Waals surface area (Å²) in [6, 6.07) is 4.18. The normalized spacial score (nSPS) is 20.4. The van der Waals surface area contributed by atoms with Crippen LogP contribution in [0.2, 0.25) is 0 Å². The molecule has 2 heterocycles. The minimum absolute atomic E-state index is 0.559. The molecule has 4 nitrogen and oxygen atoms in total. The lowest BCUT2D eigenvalue weighted by atomic mass is 10.0. The minimum Gasteiger partial charge on any atom is -0.381 e. The summed E-state index contributed by atoms with van der Waals surface area (Å²) in [6.45, 7) is 4.71. The third kappa shape index (κ3) is 2.29. The molecule has 0 bridgehead atoms. The highest BCUT2D eigenvalue weighted by atomic mass is 79.9. The first-order valence-electron chi connectivity index (χ1n) is 6.31. The van der Waals surface area contributed by atoms with Gasteiger partial charge in [0.05, 0.1) is 12.1 Å². The second-order valence-corrected chi connectivity index (χ2v) is 5.80. The molecule has 1 atom stereocenters. The number of halogens is 1. The first kappa shape index (κ1) is 12.1. The van der Waals surface area contributed by atoms with Gasteiger partial charge in [0.15, 0.2) is 0 Å². The van der Waals surface area contributed by atoms with Crippen molar-refractivity contribution < 1.29 is 4.74 Å². The van der Waals surface area contributed by atoms with Crippen LogP contribution in [0.1, 0.15) is 18.4 Å². The van der Waals surface area contributed by atoms with Crippen molar-refractivity contribution in [1.29, 1.82) is 0 Å². The molecule has 96 valence electrons. The summed E-state index contributed by atoms with van der Waals surface area (Å²) in [5.74, 6) is 0.559. The average molecular weight is 310 g/mol. The Balaban J connectivity index is 1.89. The molecule has 0 spiro atoms. The van der Waals surface area contributed by atoms with E-state index in [0.29, 0.717) is 5.92 Å². The number of benzene rings is 1. The molecule has 1 aromatic carbocycles. The molecule has 0 amide bonds. The van der Waals surface area contributed by atoms with Gasteiger partial charge in [0.25, 0.3) is 0 Å². The Morgan fingerprint density at radius 3 is 3.17 bits per heavy atom. The molecule has 1 aliphatic heterocycles. The van der Waals surface area contributed by atoms with Crippen LogP contribution in [0.15, 0.2) is 16.6 Å². The fourth-order valence-corrected chi connectivity index (χ4v) is 2.76. The fourth-order valence-electron chi connectivity index (χ4n) is 2.42. The summed E-state index contributed by atoms with van der Waals surface area (Å²) in [7, 11) is 0. The molecule has 5 heteroatoms. The number of hydrogen-bond donors (Lipinski definition) is 0. The number of aromatic nitrogens is 3. The van der Waals surface area contributed by atoms with Crippen LogP contribution >= 0.6 is 15.9 Å². The van der Waals surface area contributed by atoms with Crippen LogP contribution in [0.4, 0.5) is 0 Å². The lowest BCUT2D eigenvalue weighted by molar-refractivity contribution is 0.0473. The molecule has 0 aliphatic carbocycles. The molecular formula is C13H16BrN3O. The van der Waals surface area contributed by atoms with E-state index >= 15 is 0 Å². The minimum atomic E-state index is 0.559. The van der Waals surface area contributed by atoms with Gasteiger partial charge in [-0.1, -0.05) is 21.1 Å². The van der Waals surface area contributed by atoms with Gasteiger partial charge >= 0.3 is 0 Å². The predicted octanol–water partition coefficient (Wildman–Crippen LogP) is 2.93. The van der Waals surface area contributed by atoms with Gasteiger partial charge in [0.2, 0.25) is 0 Å². The SMILES string of the molecule is Cc1cc2nnn(CC3CCCOC3)c2cc1Br. The first-order chi connectivity index (χ1) is 8.74. The molecule has 0 N–H and O–H groups in total. The van der Waals surface area contributed by atoms with Crippen LogP contribution in [0.5, 0.6) is 0 Å². The summed E-state index contributed by atoms with van der Waals surface area (Å²) >= 11 is 3.57. The zero-order chi connectivity index (χ0) is 12.5. The van der Waals surface area contributed by atoms with Gasteiger partial charge in [0.1, 0.15) is 5.52 Å². The van der Waals surface area contributed by atoms with Gasteiger partial charge in [-0.3, -0.25) is 0 Å². The average Bonchev–Trinajstić information content (AvgIpc) is 2.74. The van der Waals surface area contributed by atoms with E-state index in [4.69, 9.17) is 4.74 Å². The lowest BCUT2D eigenvalue weighted by Gasteiger charge is -2.21. The Bertz CT molecular complexity index is 561. The molecule has 3 rings (SSSR count). The molecule has 1 aromatic heterocycles. The maximum atomic E-state index is 5.51. The maximum absolute atomic E-state index is 5.51. The zero-order valence-corrected chi connectivity index (χ0v) is 12.0. The van der Waals surface area contributed by atoms with Crippen molar-refractivity contribution in [2.75, 3.05) is 13.2 Å². The van der Waals surface area contributed by atoms with Crippen molar-refractivity contribution in [3.8, 4) is 0 Å². The van der Waals surface area contributed by atoms with E-state index in [1.54, 1.807) is 0 Å². The number of fused-ring (bicyclic) bond motifs is 1. The van der Waals surface area contributed by atoms with Crippen molar-refractivity contribution >= 4 is 27.0 Å². The Kier molecular flexibility index (Phi) is 3.35. The number of hydrogen-bond acceptors (Lipinski definition) is 3. The molecular weight excluding hydrogens is 294 g/mol. The van der Waals surface area contributed by atoms with E-state index in [1.165, 1.54) is 12.0 Å². The number of ether oxygens (including phenoxy) is 1. The van der Waals surface area contributed by atoms with E-state index in [0.717, 1.165) is 41.7 Å². The highest BCUT2D eigenvalue weighted by molar-refractivity contribution is 9.10. The number of nitrogens with zero attached hydrogens (tertiary/aromatic N) is 3. The van der Waals surface area contributed by atoms with Crippen LogP contribution in [-0.2, 0) is 11.3 Å². The van der Waals surface area contributed by atoms with Gasteiger partial charge in [0, 0.05) is 23.5 Å². The van der Waals surface area contributed by atoms with Gasteiger partial charge in [-0.25, -0.2) is 4.68 Å². The summed E-state index contributed by atoms with van der Waals surface area (Å²) in [4.78, 5) is 0. The van der Waals surface area contributed by atoms with E-state index in [1.807, 2.05) is 4.68 Å². The first-order valence-corrected chi connectivity index (χ1v) is 7.10. The van der Waals surface area contributed by atoms with Crippen molar-refractivity contribution in [3.63, 3.8) is 0 Å². The third-order valence-electron chi connectivity index (χ3n) is 3.48. The topological polar surface area (TPSA) is 39.9 Å². The molecule has 0 saturated carbocycles. The molecule has 1 unspecified atom stereocenters. The standard InChI is InChI=1S/C13H16BrN3O/c1-9-5-12-13(6-11(9)14)17(16-15-12)7-10-3-2-4-18-8-10/h5-6,10H,2-4,7-8H2,1H3. The fraction of sp³-hybridized carbons (Fsp3) is 0.538. The zero-order valence-electron chi connectivity index (χ0n) is 10.4.